The van der Waals surface area contributed by atoms with Crippen molar-refractivity contribution in [1.82, 2.24) is 4.31 Å². The standard InChI is InChI=1S/C8H16BrNO3S/c1-2-5-14(11,12)10-3-4-13-8(6-9)7-10/h8H,2-7H2,1H3. The molecule has 0 aromatic carbocycles. The highest BCUT2D eigenvalue weighted by Gasteiger charge is 2.27. The Morgan fingerprint density at radius 1 is 1.57 bits per heavy atom. The van der Waals surface area contributed by atoms with Crippen molar-refractivity contribution in [2.24, 2.45) is 0 Å². The lowest BCUT2D eigenvalue weighted by molar-refractivity contribution is 0.0137. The van der Waals surface area contributed by atoms with E-state index in [1.165, 1.54) is 4.31 Å². The second kappa shape index (κ2) is 5.44. The van der Waals surface area contributed by atoms with Crippen LogP contribution in [0.5, 0.6) is 0 Å². The average molecular weight is 286 g/mol. The van der Waals surface area contributed by atoms with Gasteiger partial charge in [0.25, 0.3) is 0 Å². The third-order valence-corrected chi connectivity index (χ3v) is 4.89. The number of rotatable bonds is 4. The Labute approximate surface area is 93.8 Å². The number of alkyl halides is 1. The first-order valence-corrected chi connectivity index (χ1v) is 7.48. The molecule has 84 valence electrons. The molecule has 0 aromatic heterocycles. The molecule has 14 heavy (non-hydrogen) atoms. The van der Waals surface area contributed by atoms with Crippen LogP contribution in [0.2, 0.25) is 0 Å². The molecule has 0 spiro atoms. The van der Waals surface area contributed by atoms with E-state index in [0.717, 1.165) is 0 Å². The highest BCUT2D eigenvalue weighted by molar-refractivity contribution is 9.09. The summed E-state index contributed by atoms with van der Waals surface area (Å²) in [7, 11) is -3.04. The molecule has 0 N–H and O–H groups in total. The fraction of sp³-hybridized carbons (Fsp3) is 1.00. The van der Waals surface area contributed by atoms with Crippen LogP contribution in [0.15, 0.2) is 0 Å². The van der Waals surface area contributed by atoms with Crippen molar-refractivity contribution in [3.63, 3.8) is 0 Å². The molecular weight excluding hydrogens is 270 g/mol. The normalized spacial score (nSPS) is 25.1. The monoisotopic (exact) mass is 285 g/mol. The lowest BCUT2D eigenvalue weighted by Gasteiger charge is -2.31. The Hall–Kier alpha value is 0.350. The number of ether oxygens (including phenoxy) is 1. The molecule has 1 atom stereocenters. The van der Waals surface area contributed by atoms with Crippen molar-refractivity contribution in [2.45, 2.75) is 19.4 Å². The predicted molar refractivity (Wildman–Crippen MR) is 59.2 cm³/mol. The molecule has 0 aliphatic carbocycles. The quantitative estimate of drug-likeness (QED) is 0.719. The van der Waals surface area contributed by atoms with Gasteiger partial charge in [0.15, 0.2) is 0 Å². The Morgan fingerprint density at radius 3 is 2.86 bits per heavy atom. The molecule has 0 radical (unpaired) electrons. The zero-order valence-electron chi connectivity index (χ0n) is 8.28. The van der Waals surface area contributed by atoms with Gasteiger partial charge in [-0.1, -0.05) is 22.9 Å². The summed E-state index contributed by atoms with van der Waals surface area (Å²) in [5.41, 5.74) is 0. The van der Waals surface area contributed by atoms with Gasteiger partial charge in [-0.15, -0.1) is 0 Å². The van der Waals surface area contributed by atoms with Crippen LogP contribution in [0.1, 0.15) is 13.3 Å². The highest BCUT2D eigenvalue weighted by Crippen LogP contribution is 2.12. The summed E-state index contributed by atoms with van der Waals surface area (Å²) in [5, 5.41) is 0.686. The van der Waals surface area contributed by atoms with Gasteiger partial charge >= 0.3 is 0 Å². The maximum Gasteiger partial charge on any atom is 0.214 e. The van der Waals surface area contributed by atoms with Crippen LogP contribution in [0.3, 0.4) is 0 Å². The summed E-state index contributed by atoms with van der Waals surface area (Å²) in [6, 6.07) is 0. The summed E-state index contributed by atoms with van der Waals surface area (Å²) in [5.74, 6) is 0.238. The van der Waals surface area contributed by atoms with Crippen LogP contribution in [-0.2, 0) is 14.8 Å². The Morgan fingerprint density at radius 2 is 2.29 bits per heavy atom. The van der Waals surface area contributed by atoms with Crippen LogP contribution < -0.4 is 0 Å². The minimum Gasteiger partial charge on any atom is -0.375 e. The largest absolute Gasteiger partial charge is 0.375 e. The van der Waals surface area contributed by atoms with Crippen molar-refractivity contribution < 1.29 is 13.2 Å². The van der Waals surface area contributed by atoms with E-state index in [1.54, 1.807) is 0 Å². The predicted octanol–water partition coefficient (Wildman–Crippen LogP) is 0.822. The van der Waals surface area contributed by atoms with Crippen molar-refractivity contribution in [2.75, 3.05) is 30.8 Å². The van der Waals surface area contributed by atoms with E-state index in [9.17, 15) is 8.42 Å². The molecular formula is C8H16BrNO3S. The number of nitrogens with zero attached hydrogens (tertiary/aromatic N) is 1. The minimum atomic E-state index is -3.04. The van der Waals surface area contributed by atoms with E-state index in [0.29, 0.717) is 31.4 Å². The van der Waals surface area contributed by atoms with Gasteiger partial charge in [0, 0.05) is 18.4 Å². The first-order valence-electron chi connectivity index (χ1n) is 4.75. The van der Waals surface area contributed by atoms with Gasteiger partial charge in [-0.25, -0.2) is 8.42 Å². The Bertz CT molecular complexity index is 268. The summed E-state index contributed by atoms with van der Waals surface area (Å²) < 4.78 is 30.3. The van der Waals surface area contributed by atoms with Gasteiger partial charge in [0.2, 0.25) is 10.0 Å². The van der Waals surface area contributed by atoms with Gasteiger partial charge in [-0.2, -0.15) is 4.31 Å². The van der Waals surface area contributed by atoms with E-state index < -0.39 is 10.0 Å². The van der Waals surface area contributed by atoms with Crippen LogP contribution >= 0.6 is 15.9 Å². The highest BCUT2D eigenvalue weighted by atomic mass is 79.9. The van der Waals surface area contributed by atoms with E-state index in [1.807, 2.05) is 6.92 Å². The van der Waals surface area contributed by atoms with E-state index >= 15 is 0 Å². The first-order chi connectivity index (χ1) is 6.60. The minimum absolute atomic E-state index is 0.00428. The topological polar surface area (TPSA) is 46.6 Å². The SMILES string of the molecule is CCCS(=O)(=O)N1CCOC(CBr)C1. The van der Waals surface area contributed by atoms with Gasteiger partial charge < -0.3 is 4.74 Å². The number of morpholine rings is 1. The molecule has 1 unspecified atom stereocenters. The third kappa shape index (κ3) is 3.18. The van der Waals surface area contributed by atoms with Crippen molar-refractivity contribution in [3.8, 4) is 0 Å². The van der Waals surface area contributed by atoms with E-state index in [2.05, 4.69) is 15.9 Å². The molecule has 0 bridgehead atoms. The zero-order valence-corrected chi connectivity index (χ0v) is 10.7. The smallest absolute Gasteiger partial charge is 0.214 e. The maximum atomic E-state index is 11.7. The van der Waals surface area contributed by atoms with E-state index in [4.69, 9.17) is 4.74 Å². The van der Waals surface area contributed by atoms with Crippen molar-refractivity contribution in [1.29, 1.82) is 0 Å². The van der Waals surface area contributed by atoms with Gasteiger partial charge in [-0.3, -0.25) is 0 Å². The number of halogens is 1. The third-order valence-electron chi connectivity index (χ3n) is 2.13. The lowest BCUT2D eigenvalue weighted by Crippen LogP contribution is -2.46. The summed E-state index contributed by atoms with van der Waals surface area (Å²) in [6.07, 6.45) is 0.661. The Kier molecular flexibility index (Phi) is 4.82. The molecule has 1 saturated heterocycles. The van der Waals surface area contributed by atoms with E-state index in [-0.39, 0.29) is 11.9 Å². The lowest BCUT2D eigenvalue weighted by atomic mass is 10.3. The molecule has 0 saturated carbocycles. The molecule has 1 aliphatic heterocycles. The van der Waals surface area contributed by atoms with Gasteiger partial charge in [0.1, 0.15) is 0 Å². The van der Waals surface area contributed by atoms with Crippen molar-refractivity contribution in [3.05, 3.63) is 0 Å². The van der Waals surface area contributed by atoms with Crippen molar-refractivity contribution >= 4 is 26.0 Å². The molecule has 0 aromatic rings. The number of hydrogen-bond acceptors (Lipinski definition) is 3. The van der Waals surface area contributed by atoms with Gasteiger partial charge in [0.05, 0.1) is 18.5 Å². The average Bonchev–Trinajstić information content (AvgIpc) is 2.18. The van der Waals surface area contributed by atoms with Crippen LogP contribution in [-0.4, -0.2) is 49.6 Å². The Balaban J connectivity index is 2.59. The molecule has 0 amide bonds. The second-order valence-corrected chi connectivity index (χ2v) is 6.06. The fourth-order valence-electron chi connectivity index (χ4n) is 1.43. The van der Waals surface area contributed by atoms with Crippen LogP contribution in [0.4, 0.5) is 0 Å². The zero-order chi connectivity index (χ0) is 10.6. The maximum absolute atomic E-state index is 11.7. The second-order valence-electron chi connectivity index (χ2n) is 3.32. The molecule has 1 aliphatic rings. The first kappa shape index (κ1) is 12.4. The summed E-state index contributed by atoms with van der Waals surface area (Å²) in [6.45, 7) is 3.35. The molecule has 4 nitrogen and oxygen atoms in total. The fourth-order valence-corrected chi connectivity index (χ4v) is 3.34. The molecule has 1 rings (SSSR count). The molecule has 6 heteroatoms. The number of sulfonamides is 1. The molecule has 1 fully saturated rings. The summed E-state index contributed by atoms with van der Waals surface area (Å²) >= 11 is 3.30. The summed E-state index contributed by atoms with van der Waals surface area (Å²) in [4.78, 5) is 0. The van der Waals surface area contributed by atoms with Crippen LogP contribution in [0.25, 0.3) is 0 Å². The number of hydrogen-bond donors (Lipinski definition) is 0. The van der Waals surface area contributed by atoms with Gasteiger partial charge in [-0.05, 0) is 6.42 Å². The molecule has 1 heterocycles. The van der Waals surface area contributed by atoms with Crippen LogP contribution in [0, 0.1) is 0 Å².